The van der Waals surface area contributed by atoms with E-state index in [4.69, 9.17) is 5.73 Å². The molecular weight excluding hydrogens is 206 g/mol. The average molecular weight is 237 g/mol. The van der Waals surface area contributed by atoms with Crippen molar-refractivity contribution in [3.8, 4) is 0 Å². The highest BCUT2D eigenvalue weighted by Crippen LogP contribution is 2.35. The summed E-state index contributed by atoms with van der Waals surface area (Å²) in [5.74, 6) is 2.82. The summed E-state index contributed by atoms with van der Waals surface area (Å²) in [6.07, 6.45) is 15.8. The van der Waals surface area contributed by atoms with Crippen LogP contribution in [-0.2, 0) is 0 Å². The maximum absolute atomic E-state index is 6.36. The van der Waals surface area contributed by atoms with Gasteiger partial charge in [0.25, 0.3) is 0 Å². The largest absolute Gasteiger partial charge is 0.327 e. The lowest BCUT2D eigenvalue weighted by atomic mass is 9.74. The molecule has 0 amide bonds. The Balaban J connectivity index is 1.68. The van der Waals surface area contributed by atoms with Crippen molar-refractivity contribution in [1.29, 1.82) is 0 Å². The van der Waals surface area contributed by atoms with E-state index in [9.17, 15) is 0 Å². The lowest BCUT2D eigenvalue weighted by molar-refractivity contribution is 0.203. The molecule has 0 saturated heterocycles. The molecule has 2 saturated carbocycles. The molecule has 0 aromatic heterocycles. The van der Waals surface area contributed by atoms with Gasteiger partial charge in [-0.15, -0.1) is 0 Å². The Morgan fingerprint density at radius 3 is 2.29 bits per heavy atom. The third kappa shape index (κ3) is 3.98. The second kappa shape index (κ2) is 6.78. The van der Waals surface area contributed by atoms with Crippen molar-refractivity contribution in [2.24, 2.45) is 23.5 Å². The van der Waals surface area contributed by atoms with Crippen molar-refractivity contribution in [2.75, 3.05) is 0 Å². The normalized spacial score (nSPS) is 36.0. The molecule has 1 heteroatoms. The predicted molar refractivity (Wildman–Crippen MR) is 74.9 cm³/mol. The van der Waals surface area contributed by atoms with Gasteiger partial charge in [-0.1, -0.05) is 58.3 Å². The first-order valence-electron chi connectivity index (χ1n) is 8.05. The first-order valence-corrected chi connectivity index (χ1v) is 8.05. The zero-order chi connectivity index (χ0) is 12.1. The molecule has 0 aromatic rings. The Kier molecular flexibility index (Phi) is 5.34. The Bertz CT molecular complexity index is 208. The van der Waals surface area contributed by atoms with Gasteiger partial charge < -0.3 is 5.73 Å². The van der Waals surface area contributed by atoms with Gasteiger partial charge in [0.2, 0.25) is 0 Å². The minimum absolute atomic E-state index is 0.511. The molecule has 17 heavy (non-hydrogen) atoms. The quantitative estimate of drug-likeness (QED) is 0.765. The van der Waals surface area contributed by atoms with Crippen LogP contribution in [0.25, 0.3) is 0 Å². The number of hydrogen-bond donors (Lipinski definition) is 1. The second-order valence-electron chi connectivity index (χ2n) is 6.59. The SMILES string of the molecule is CC[C@@H]1CCC(CCC2CCCCC2)C(N)C1. The zero-order valence-electron chi connectivity index (χ0n) is 11.7. The highest BCUT2D eigenvalue weighted by Gasteiger charge is 2.27. The fourth-order valence-corrected chi connectivity index (χ4v) is 4.01. The van der Waals surface area contributed by atoms with Crippen molar-refractivity contribution < 1.29 is 0 Å². The predicted octanol–water partition coefficient (Wildman–Crippen LogP) is 4.50. The topological polar surface area (TPSA) is 26.0 Å². The second-order valence-corrected chi connectivity index (χ2v) is 6.59. The van der Waals surface area contributed by atoms with Crippen LogP contribution < -0.4 is 5.73 Å². The van der Waals surface area contributed by atoms with Crippen LogP contribution in [0.4, 0.5) is 0 Å². The molecule has 2 aliphatic rings. The Morgan fingerprint density at radius 2 is 1.65 bits per heavy atom. The van der Waals surface area contributed by atoms with E-state index in [1.54, 1.807) is 0 Å². The first-order chi connectivity index (χ1) is 8.29. The molecule has 2 aliphatic carbocycles. The summed E-state index contributed by atoms with van der Waals surface area (Å²) in [4.78, 5) is 0. The lowest BCUT2D eigenvalue weighted by Gasteiger charge is -2.34. The highest BCUT2D eigenvalue weighted by molar-refractivity contribution is 4.83. The lowest BCUT2D eigenvalue weighted by Crippen LogP contribution is -2.36. The summed E-state index contributed by atoms with van der Waals surface area (Å²) in [7, 11) is 0. The van der Waals surface area contributed by atoms with E-state index in [-0.39, 0.29) is 0 Å². The third-order valence-corrected chi connectivity index (χ3v) is 5.40. The van der Waals surface area contributed by atoms with Gasteiger partial charge in [0.15, 0.2) is 0 Å². The maximum Gasteiger partial charge on any atom is 0.00698 e. The van der Waals surface area contributed by atoms with Crippen molar-refractivity contribution in [3.05, 3.63) is 0 Å². The molecule has 100 valence electrons. The molecule has 0 heterocycles. The van der Waals surface area contributed by atoms with Crippen molar-refractivity contribution in [1.82, 2.24) is 0 Å². The third-order valence-electron chi connectivity index (χ3n) is 5.40. The van der Waals surface area contributed by atoms with Crippen LogP contribution in [0.3, 0.4) is 0 Å². The van der Waals surface area contributed by atoms with Crippen LogP contribution in [0, 0.1) is 17.8 Å². The monoisotopic (exact) mass is 237 g/mol. The Morgan fingerprint density at radius 1 is 0.882 bits per heavy atom. The van der Waals surface area contributed by atoms with Gasteiger partial charge in [0.05, 0.1) is 0 Å². The Hall–Kier alpha value is -0.0400. The maximum atomic E-state index is 6.36. The molecule has 2 fully saturated rings. The van der Waals surface area contributed by atoms with Crippen LogP contribution in [0.1, 0.15) is 77.6 Å². The van der Waals surface area contributed by atoms with Crippen LogP contribution in [0.5, 0.6) is 0 Å². The van der Waals surface area contributed by atoms with Gasteiger partial charge >= 0.3 is 0 Å². The van der Waals surface area contributed by atoms with Gasteiger partial charge in [-0.25, -0.2) is 0 Å². The van der Waals surface area contributed by atoms with E-state index in [1.165, 1.54) is 70.6 Å². The van der Waals surface area contributed by atoms with E-state index in [2.05, 4.69) is 6.92 Å². The number of nitrogens with two attached hydrogens (primary N) is 1. The average Bonchev–Trinajstić information content (AvgIpc) is 2.38. The van der Waals surface area contributed by atoms with Gasteiger partial charge in [-0.2, -0.15) is 0 Å². The van der Waals surface area contributed by atoms with Gasteiger partial charge in [0, 0.05) is 6.04 Å². The summed E-state index contributed by atoms with van der Waals surface area (Å²) in [5, 5.41) is 0. The zero-order valence-corrected chi connectivity index (χ0v) is 11.7. The summed E-state index contributed by atoms with van der Waals surface area (Å²) in [5.41, 5.74) is 6.36. The van der Waals surface area contributed by atoms with E-state index < -0.39 is 0 Å². The van der Waals surface area contributed by atoms with Crippen LogP contribution in [0.15, 0.2) is 0 Å². The minimum Gasteiger partial charge on any atom is -0.327 e. The molecule has 0 aromatic carbocycles. The van der Waals surface area contributed by atoms with E-state index in [0.717, 1.165) is 17.8 Å². The van der Waals surface area contributed by atoms with Crippen molar-refractivity contribution in [2.45, 2.75) is 83.6 Å². The molecule has 2 rings (SSSR count). The van der Waals surface area contributed by atoms with Gasteiger partial charge in [-0.05, 0) is 37.0 Å². The fraction of sp³-hybridized carbons (Fsp3) is 1.00. The molecule has 2 N–H and O–H groups in total. The summed E-state index contributed by atoms with van der Waals surface area (Å²) in [6, 6.07) is 0.511. The molecule has 0 radical (unpaired) electrons. The minimum atomic E-state index is 0.511. The van der Waals surface area contributed by atoms with Gasteiger partial charge in [0.1, 0.15) is 0 Å². The standard InChI is InChI=1S/C16H31N/c1-2-13-8-10-15(16(17)12-13)11-9-14-6-4-3-5-7-14/h13-16H,2-12,17H2,1H3/t13-,15?,16?/m1/s1. The van der Waals surface area contributed by atoms with Crippen LogP contribution in [-0.4, -0.2) is 6.04 Å². The summed E-state index contributed by atoms with van der Waals surface area (Å²) in [6.45, 7) is 2.32. The molecule has 0 bridgehead atoms. The molecular formula is C16H31N. The van der Waals surface area contributed by atoms with Crippen LogP contribution >= 0.6 is 0 Å². The van der Waals surface area contributed by atoms with Crippen molar-refractivity contribution >= 4 is 0 Å². The summed E-state index contributed by atoms with van der Waals surface area (Å²) < 4.78 is 0. The van der Waals surface area contributed by atoms with Crippen molar-refractivity contribution in [3.63, 3.8) is 0 Å². The molecule has 1 nitrogen and oxygen atoms in total. The van der Waals surface area contributed by atoms with E-state index in [1.807, 2.05) is 0 Å². The molecule has 2 unspecified atom stereocenters. The van der Waals surface area contributed by atoms with Gasteiger partial charge in [-0.3, -0.25) is 0 Å². The van der Waals surface area contributed by atoms with Crippen LogP contribution in [0.2, 0.25) is 0 Å². The number of rotatable bonds is 4. The molecule has 0 aliphatic heterocycles. The highest BCUT2D eigenvalue weighted by atomic mass is 14.7. The molecule has 0 spiro atoms. The van der Waals surface area contributed by atoms with E-state index >= 15 is 0 Å². The molecule has 3 atom stereocenters. The Labute approximate surface area is 108 Å². The summed E-state index contributed by atoms with van der Waals surface area (Å²) >= 11 is 0. The fourth-order valence-electron chi connectivity index (χ4n) is 4.01. The first kappa shape index (κ1) is 13.4. The van der Waals surface area contributed by atoms with E-state index in [0.29, 0.717) is 6.04 Å². The number of hydrogen-bond acceptors (Lipinski definition) is 1. The smallest absolute Gasteiger partial charge is 0.00698 e.